The van der Waals surface area contributed by atoms with Gasteiger partial charge in [-0.3, -0.25) is 4.79 Å². The summed E-state index contributed by atoms with van der Waals surface area (Å²) in [5.41, 5.74) is -2.48. The number of rotatable bonds is 7. The van der Waals surface area contributed by atoms with Crippen molar-refractivity contribution in [1.29, 1.82) is 0 Å². The van der Waals surface area contributed by atoms with Gasteiger partial charge in [0, 0.05) is 24.1 Å². The van der Waals surface area contributed by atoms with E-state index in [-0.39, 0.29) is 23.1 Å². The number of hydrogen-bond acceptors (Lipinski definition) is 4. The molecule has 11 heteroatoms. The van der Waals surface area contributed by atoms with Gasteiger partial charge in [-0.05, 0) is 54.4 Å². The number of nitrogens with zero attached hydrogens (tertiary/aromatic N) is 2. The van der Waals surface area contributed by atoms with Crippen LogP contribution in [0.1, 0.15) is 52.6 Å². The Balaban J connectivity index is 1.70. The molecule has 0 aliphatic heterocycles. The van der Waals surface area contributed by atoms with E-state index in [0.717, 1.165) is 12.8 Å². The number of aromatic nitrogens is 2. The second-order valence-electron chi connectivity index (χ2n) is 7.29. The van der Waals surface area contributed by atoms with Gasteiger partial charge in [-0.2, -0.15) is 31.3 Å². The lowest BCUT2D eigenvalue weighted by Gasteiger charge is -2.14. The number of nitrogens with one attached hydrogen (secondary N) is 1. The van der Waals surface area contributed by atoms with Crippen LogP contribution in [-0.2, 0) is 25.3 Å². The average Bonchev–Trinajstić information content (AvgIpc) is 3.23. The van der Waals surface area contributed by atoms with Crippen molar-refractivity contribution in [3.05, 3.63) is 70.5 Å². The minimum Gasteiger partial charge on any atom is -0.348 e. The third-order valence-corrected chi connectivity index (χ3v) is 4.72. The Morgan fingerprint density at radius 3 is 2.12 bits per heavy atom. The first-order chi connectivity index (χ1) is 15.5. The third-order valence-electron chi connectivity index (χ3n) is 4.72. The van der Waals surface area contributed by atoms with Crippen LogP contribution in [0, 0.1) is 0 Å². The molecule has 0 spiro atoms. The number of amides is 1. The molecule has 1 N–H and O–H groups in total. The van der Waals surface area contributed by atoms with Gasteiger partial charge < -0.3 is 9.84 Å². The van der Waals surface area contributed by atoms with Gasteiger partial charge in [0.2, 0.25) is 0 Å². The number of aryl methyl sites for hydroxylation is 1. The van der Waals surface area contributed by atoms with E-state index in [1.807, 2.05) is 6.92 Å². The molecular formula is C22H19F6N3O2. The number of hydrogen-bond donors (Lipinski definition) is 1. The Kier molecular flexibility index (Phi) is 7.09. The van der Waals surface area contributed by atoms with Gasteiger partial charge in [0.1, 0.15) is 0 Å². The SMILES string of the molecule is CCCCc1noc(-c2ccc(C(=O)NCc3cc(C(F)(F)F)cc(C(F)(F)F)c3)cc2)n1. The van der Waals surface area contributed by atoms with Gasteiger partial charge in [-0.25, -0.2) is 0 Å². The van der Waals surface area contributed by atoms with Crippen LogP contribution in [0.4, 0.5) is 26.3 Å². The zero-order valence-corrected chi connectivity index (χ0v) is 17.3. The molecule has 0 bridgehead atoms. The molecular weight excluding hydrogens is 452 g/mol. The number of halogens is 6. The van der Waals surface area contributed by atoms with E-state index in [2.05, 4.69) is 15.5 Å². The molecule has 3 aromatic rings. The summed E-state index contributed by atoms with van der Waals surface area (Å²) in [5.74, 6) is 0.173. The molecule has 0 radical (unpaired) electrons. The average molecular weight is 471 g/mol. The number of carbonyl (C=O) groups excluding carboxylic acids is 1. The summed E-state index contributed by atoms with van der Waals surface area (Å²) < 4.78 is 83.0. The zero-order chi connectivity index (χ0) is 24.2. The van der Waals surface area contributed by atoms with Crippen molar-refractivity contribution in [3.8, 4) is 11.5 Å². The van der Waals surface area contributed by atoms with Gasteiger partial charge in [-0.1, -0.05) is 18.5 Å². The summed E-state index contributed by atoms with van der Waals surface area (Å²) in [5, 5.41) is 6.21. The van der Waals surface area contributed by atoms with E-state index in [9.17, 15) is 31.1 Å². The van der Waals surface area contributed by atoms with Gasteiger partial charge in [0.15, 0.2) is 5.82 Å². The molecule has 0 fully saturated rings. The summed E-state index contributed by atoms with van der Waals surface area (Å²) >= 11 is 0. The summed E-state index contributed by atoms with van der Waals surface area (Å²) in [6.45, 7) is 1.52. The van der Waals surface area contributed by atoms with E-state index < -0.39 is 35.9 Å². The van der Waals surface area contributed by atoms with Crippen molar-refractivity contribution >= 4 is 5.91 Å². The molecule has 1 amide bonds. The quantitative estimate of drug-likeness (QED) is 0.426. The first kappa shape index (κ1) is 24.3. The first-order valence-corrected chi connectivity index (χ1v) is 9.97. The van der Waals surface area contributed by atoms with Gasteiger partial charge >= 0.3 is 12.4 Å². The molecule has 0 unspecified atom stereocenters. The normalized spacial score (nSPS) is 12.1. The second-order valence-corrected chi connectivity index (χ2v) is 7.29. The maximum Gasteiger partial charge on any atom is 0.416 e. The lowest BCUT2D eigenvalue weighted by molar-refractivity contribution is -0.143. The molecule has 0 aliphatic carbocycles. The predicted octanol–water partition coefficient (Wildman–Crippen LogP) is 6.05. The fourth-order valence-corrected chi connectivity index (χ4v) is 2.98. The molecule has 3 rings (SSSR count). The Labute approximate surface area is 184 Å². The summed E-state index contributed by atoms with van der Waals surface area (Å²) in [7, 11) is 0. The Bertz CT molecular complexity index is 1070. The smallest absolute Gasteiger partial charge is 0.348 e. The van der Waals surface area contributed by atoms with Crippen LogP contribution in [0.2, 0.25) is 0 Å². The maximum atomic E-state index is 13.0. The number of benzene rings is 2. The molecule has 1 aromatic heterocycles. The summed E-state index contributed by atoms with van der Waals surface area (Å²) in [4.78, 5) is 16.6. The van der Waals surface area contributed by atoms with Gasteiger partial charge in [0.25, 0.3) is 11.8 Å². The second kappa shape index (κ2) is 9.63. The molecule has 176 valence electrons. The van der Waals surface area contributed by atoms with Crippen LogP contribution in [0.5, 0.6) is 0 Å². The minimum atomic E-state index is -4.96. The minimum absolute atomic E-state index is 0.0369. The monoisotopic (exact) mass is 471 g/mol. The molecule has 0 atom stereocenters. The van der Waals surface area contributed by atoms with Crippen LogP contribution in [0.25, 0.3) is 11.5 Å². The van der Waals surface area contributed by atoms with Crippen LogP contribution in [0.3, 0.4) is 0 Å². The van der Waals surface area contributed by atoms with Crippen molar-refractivity contribution in [2.24, 2.45) is 0 Å². The van der Waals surface area contributed by atoms with Crippen LogP contribution < -0.4 is 5.32 Å². The number of carbonyl (C=O) groups is 1. The third kappa shape index (κ3) is 6.33. The van der Waals surface area contributed by atoms with E-state index in [1.54, 1.807) is 12.1 Å². The van der Waals surface area contributed by atoms with Crippen molar-refractivity contribution in [3.63, 3.8) is 0 Å². The lowest BCUT2D eigenvalue weighted by Crippen LogP contribution is -2.23. The zero-order valence-electron chi connectivity index (χ0n) is 17.3. The van der Waals surface area contributed by atoms with Crippen molar-refractivity contribution in [2.45, 2.75) is 45.1 Å². The highest BCUT2D eigenvalue weighted by Gasteiger charge is 2.36. The van der Waals surface area contributed by atoms with Crippen LogP contribution in [0.15, 0.2) is 47.0 Å². The fourth-order valence-electron chi connectivity index (χ4n) is 2.98. The largest absolute Gasteiger partial charge is 0.416 e. The van der Waals surface area contributed by atoms with E-state index in [1.165, 1.54) is 12.1 Å². The van der Waals surface area contributed by atoms with Gasteiger partial charge in [0.05, 0.1) is 11.1 Å². The van der Waals surface area contributed by atoms with E-state index >= 15 is 0 Å². The van der Waals surface area contributed by atoms with E-state index in [0.29, 0.717) is 29.9 Å². The fraction of sp³-hybridized carbons (Fsp3) is 0.318. The lowest BCUT2D eigenvalue weighted by atomic mass is 10.0. The predicted molar refractivity (Wildman–Crippen MR) is 106 cm³/mol. The Morgan fingerprint density at radius 1 is 0.970 bits per heavy atom. The highest BCUT2D eigenvalue weighted by molar-refractivity contribution is 5.94. The van der Waals surface area contributed by atoms with Crippen molar-refractivity contribution in [1.82, 2.24) is 15.5 Å². The molecule has 33 heavy (non-hydrogen) atoms. The van der Waals surface area contributed by atoms with Crippen molar-refractivity contribution in [2.75, 3.05) is 0 Å². The molecule has 0 saturated carbocycles. The van der Waals surface area contributed by atoms with E-state index in [4.69, 9.17) is 4.52 Å². The molecule has 1 heterocycles. The standard InChI is InChI=1S/C22H19F6N3O2/c1-2-3-4-18-30-20(33-31-18)15-7-5-14(6-8-15)19(32)29-12-13-9-16(21(23,24)25)11-17(10-13)22(26,27)28/h5-11H,2-4,12H2,1H3,(H,29,32). The Hall–Kier alpha value is -3.37. The van der Waals surface area contributed by atoms with Gasteiger partial charge in [-0.15, -0.1) is 0 Å². The highest BCUT2D eigenvalue weighted by Crippen LogP contribution is 2.36. The first-order valence-electron chi connectivity index (χ1n) is 9.97. The summed E-state index contributed by atoms with van der Waals surface area (Å²) in [6, 6.07) is 7.17. The topological polar surface area (TPSA) is 68.0 Å². The Morgan fingerprint density at radius 2 is 1.58 bits per heavy atom. The maximum absolute atomic E-state index is 13.0. The molecule has 0 saturated heterocycles. The van der Waals surface area contributed by atoms with Crippen molar-refractivity contribution < 1.29 is 35.7 Å². The molecule has 0 aliphatic rings. The van der Waals surface area contributed by atoms with Crippen LogP contribution >= 0.6 is 0 Å². The summed E-state index contributed by atoms with van der Waals surface area (Å²) in [6.07, 6.45) is -7.35. The highest BCUT2D eigenvalue weighted by atomic mass is 19.4. The molecule has 2 aromatic carbocycles. The number of alkyl halides is 6. The van der Waals surface area contributed by atoms with Crippen LogP contribution in [-0.4, -0.2) is 16.0 Å². The number of unbranched alkanes of at least 4 members (excludes halogenated alkanes) is 1. The molecule has 5 nitrogen and oxygen atoms in total.